The molecule has 0 spiro atoms. The SMILES string of the molecule is CC(C)([C@H](NC(=O)c1ccc(C#CC#CC2CC(CO)C2)cc1)C(=O)NO)S(C)(=O)=O. The lowest BCUT2D eigenvalue weighted by Gasteiger charge is -2.31. The summed E-state index contributed by atoms with van der Waals surface area (Å²) in [6, 6.07) is 4.69. The number of hydroxylamine groups is 1. The van der Waals surface area contributed by atoms with E-state index in [2.05, 4.69) is 29.0 Å². The highest BCUT2D eigenvalue weighted by molar-refractivity contribution is 7.92. The lowest BCUT2D eigenvalue weighted by molar-refractivity contribution is -0.131. The van der Waals surface area contributed by atoms with Crippen molar-refractivity contribution in [1.29, 1.82) is 0 Å². The average molecular weight is 447 g/mol. The highest BCUT2D eigenvalue weighted by atomic mass is 32.2. The first-order chi connectivity index (χ1) is 14.5. The molecule has 1 aromatic carbocycles. The van der Waals surface area contributed by atoms with Crippen LogP contribution in [-0.4, -0.2) is 54.2 Å². The normalized spacial score (nSPS) is 18.9. The van der Waals surface area contributed by atoms with Gasteiger partial charge >= 0.3 is 0 Å². The molecule has 0 unspecified atom stereocenters. The molecular formula is C22H26N2O6S. The van der Waals surface area contributed by atoms with Crippen LogP contribution in [0.3, 0.4) is 0 Å². The number of carbonyl (C=O) groups is 2. The first-order valence-corrected chi connectivity index (χ1v) is 11.6. The molecule has 0 saturated heterocycles. The molecule has 1 aliphatic rings. The van der Waals surface area contributed by atoms with Gasteiger partial charge in [0.05, 0.1) is 4.75 Å². The maximum atomic E-state index is 12.5. The molecule has 0 bridgehead atoms. The van der Waals surface area contributed by atoms with Gasteiger partial charge in [-0.15, -0.1) is 0 Å². The van der Waals surface area contributed by atoms with Crippen LogP contribution in [0.25, 0.3) is 0 Å². The van der Waals surface area contributed by atoms with E-state index in [1.807, 2.05) is 0 Å². The van der Waals surface area contributed by atoms with Crippen LogP contribution in [0.1, 0.15) is 42.6 Å². The molecule has 1 aromatic rings. The van der Waals surface area contributed by atoms with Crippen LogP contribution in [-0.2, 0) is 14.6 Å². The maximum absolute atomic E-state index is 12.5. The number of rotatable bonds is 6. The summed E-state index contributed by atoms with van der Waals surface area (Å²) < 4.78 is 22.4. The van der Waals surface area contributed by atoms with Gasteiger partial charge < -0.3 is 10.4 Å². The van der Waals surface area contributed by atoms with E-state index >= 15 is 0 Å². The molecule has 1 atom stereocenters. The van der Waals surface area contributed by atoms with Crippen molar-refractivity contribution in [1.82, 2.24) is 10.8 Å². The van der Waals surface area contributed by atoms with Gasteiger partial charge in [0.1, 0.15) is 6.04 Å². The van der Waals surface area contributed by atoms with Crippen LogP contribution in [0, 0.1) is 35.5 Å². The summed E-state index contributed by atoms with van der Waals surface area (Å²) in [7, 11) is -3.74. The number of amides is 2. The van der Waals surface area contributed by atoms with Crippen molar-refractivity contribution in [2.24, 2.45) is 11.8 Å². The summed E-state index contributed by atoms with van der Waals surface area (Å²) in [6.07, 6.45) is 2.73. The largest absolute Gasteiger partial charge is 0.396 e. The van der Waals surface area contributed by atoms with E-state index in [9.17, 15) is 18.0 Å². The Hall–Kier alpha value is -2.85. The molecular weight excluding hydrogens is 420 g/mol. The number of aliphatic hydroxyl groups excluding tert-OH is 1. The second-order valence-electron chi connectivity index (χ2n) is 8.07. The number of sulfone groups is 1. The molecule has 2 amide bonds. The third-order valence-corrected chi connectivity index (χ3v) is 7.63. The zero-order chi connectivity index (χ0) is 23.2. The minimum atomic E-state index is -3.74. The van der Waals surface area contributed by atoms with Crippen LogP contribution in [0.4, 0.5) is 0 Å². The number of benzene rings is 1. The molecule has 8 nitrogen and oxygen atoms in total. The van der Waals surface area contributed by atoms with Gasteiger partial charge in [-0.2, -0.15) is 0 Å². The first kappa shape index (κ1) is 24.4. The second kappa shape index (κ2) is 9.97. The van der Waals surface area contributed by atoms with E-state index in [4.69, 9.17) is 10.3 Å². The van der Waals surface area contributed by atoms with E-state index in [1.165, 1.54) is 31.5 Å². The Kier molecular flexibility index (Phi) is 7.85. The van der Waals surface area contributed by atoms with Crippen molar-refractivity contribution in [2.45, 2.75) is 37.5 Å². The highest BCUT2D eigenvalue weighted by Crippen LogP contribution is 2.32. The second-order valence-corrected chi connectivity index (χ2v) is 10.7. The third-order valence-electron chi connectivity index (χ3n) is 5.49. The van der Waals surface area contributed by atoms with Crippen LogP contribution in [0.15, 0.2) is 24.3 Å². The first-order valence-electron chi connectivity index (χ1n) is 9.66. The fraction of sp³-hybridized carbons (Fsp3) is 0.455. The lowest BCUT2D eigenvalue weighted by Crippen LogP contribution is -2.60. The molecule has 1 saturated carbocycles. The summed E-state index contributed by atoms with van der Waals surface area (Å²) in [5, 5.41) is 20.3. The van der Waals surface area contributed by atoms with Crippen molar-refractivity contribution >= 4 is 21.7 Å². The maximum Gasteiger partial charge on any atom is 0.267 e. The quantitative estimate of drug-likeness (QED) is 0.286. The van der Waals surface area contributed by atoms with Gasteiger partial charge in [-0.3, -0.25) is 14.8 Å². The van der Waals surface area contributed by atoms with Gasteiger partial charge in [-0.05, 0) is 68.7 Å². The van der Waals surface area contributed by atoms with Crippen LogP contribution < -0.4 is 10.8 Å². The minimum Gasteiger partial charge on any atom is -0.396 e. The topological polar surface area (TPSA) is 133 Å². The van der Waals surface area contributed by atoms with Gasteiger partial charge in [0.2, 0.25) is 0 Å². The summed E-state index contributed by atoms with van der Waals surface area (Å²) in [4.78, 5) is 24.5. The number of carbonyl (C=O) groups excluding carboxylic acids is 2. The van der Waals surface area contributed by atoms with Crippen LogP contribution in [0.2, 0.25) is 0 Å². The van der Waals surface area contributed by atoms with Crippen molar-refractivity contribution < 1.29 is 28.3 Å². The molecule has 1 fully saturated rings. The van der Waals surface area contributed by atoms with Crippen molar-refractivity contribution in [3.05, 3.63) is 35.4 Å². The monoisotopic (exact) mass is 446 g/mol. The van der Waals surface area contributed by atoms with E-state index in [-0.39, 0.29) is 18.1 Å². The lowest BCUT2D eigenvalue weighted by atomic mass is 9.76. The van der Waals surface area contributed by atoms with Crippen molar-refractivity contribution in [2.75, 3.05) is 12.9 Å². The molecule has 0 aliphatic heterocycles. The molecule has 1 aliphatic carbocycles. The molecule has 0 aromatic heterocycles. The molecule has 0 heterocycles. The van der Waals surface area contributed by atoms with Gasteiger partial charge in [-0.25, -0.2) is 13.9 Å². The number of hydrogen-bond donors (Lipinski definition) is 4. The Morgan fingerprint density at radius 1 is 1.19 bits per heavy atom. The number of aliphatic hydroxyl groups is 1. The summed E-state index contributed by atoms with van der Waals surface area (Å²) in [5.41, 5.74) is 2.23. The van der Waals surface area contributed by atoms with Gasteiger partial charge in [0, 0.05) is 29.9 Å². The molecule has 2 rings (SSSR count). The number of nitrogens with one attached hydrogen (secondary N) is 2. The Balaban J connectivity index is 2.07. The third kappa shape index (κ3) is 6.08. The van der Waals surface area contributed by atoms with E-state index in [0.29, 0.717) is 11.5 Å². The summed E-state index contributed by atoms with van der Waals surface area (Å²) in [6.45, 7) is 2.77. The van der Waals surface area contributed by atoms with Gasteiger partial charge in [-0.1, -0.05) is 11.8 Å². The Morgan fingerprint density at radius 2 is 1.81 bits per heavy atom. The van der Waals surface area contributed by atoms with Crippen molar-refractivity contribution in [3.63, 3.8) is 0 Å². The molecule has 0 radical (unpaired) electrons. The predicted octanol–water partition coefficient (Wildman–Crippen LogP) is 0.487. The van der Waals surface area contributed by atoms with E-state index in [0.717, 1.165) is 19.1 Å². The standard InChI is InChI=1S/C22H26N2O6S/c1-22(2,31(3,29)30)19(21(27)24-28)23-20(26)18-10-8-15(9-11-18)6-4-5-7-16-12-17(13-16)14-25/h8-11,16-17,19,25,28H,12-14H2,1-3H3,(H,23,26)(H,24,27)/t16?,17?,19-/m1/s1. The van der Waals surface area contributed by atoms with Crippen molar-refractivity contribution in [3.8, 4) is 23.7 Å². The Labute approximate surface area is 182 Å². The zero-order valence-electron chi connectivity index (χ0n) is 17.6. The fourth-order valence-corrected chi connectivity index (χ4v) is 3.59. The van der Waals surface area contributed by atoms with Crippen LogP contribution in [0.5, 0.6) is 0 Å². The molecule has 166 valence electrons. The zero-order valence-corrected chi connectivity index (χ0v) is 18.4. The average Bonchev–Trinajstić information content (AvgIpc) is 2.69. The molecule has 9 heteroatoms. The Morgan fingerprint density at radius 3 is 2.32 bits per heavy atom. The fourth-order valence-electron chi connectivity index (χ4n) is 3.00. The molecule has 4 N–H and O–H groups in total. The highest BCUT2D eigenvalue weighted by Gasteiger charge is 2.44. The van der Waals surface area contributed by atoms with E-state index in [1.54, 1.807) is 12.1 Å². The smallest absolute Gasteiger partial charge is 0.267 e. The molecule has 31 heavy (non-hydrogen) atoms. The Bertz CT molecular complexity index is 1050. The summed E-state index contributed by atoms with van der Waals surface area (Å²) in [5.74, 6) is 10.4. The summed E-state index contributed by atoms with van der Waals surface area (Å²) >= 11 is 0. The van der Waals surface area contributed by atoms with E-state index < -0.39 is 32.4 Å². The number of hydrogen-bond acceptors (Lipinski definition) is 6. The van der Waals surface area contributed by atoms with Gasteiger partial charge in [0.25, 0.3) is 11.8 Å². The predicted molar refractivity (Wildman–Crippen MR) is 115 cm³/mol. The van der Waals surface area contributed by atoms with Crippen LogP contribution >= 0.6 is 0 Å². The van der Waals surface area contributed by atoms with Gasteiger partial charge in [0.15, 0.2) is 9.84 Å². The minimum absolute atomic E-state index is 0.195.